The molecule has 192 valence electrons. The average molecular weight is 513 g/mol. The van der Waals surface area contributed by atoms with Crippen LogP contribution in [0.3, 0.4) is 0 Å². The molecule has 0 fully saturated rings. The number of carbonyl (C=O) groups excluding carboxylic acids is 1. The van der Waals surface area contributed by atoms with Crippen molar-refractivity contribution in [3.63, 3.8) is 0 Å². The van der Waals surface area contributed by atoms with Crippen molar-refractivity contribution >= 4 is 21.6 Å². The van der Waals surface area contributed by atoms with Crippen LogP contribution >= 0.6 is 0 Å². The number of benzene rings is 3. The number of amides is 1. The van der Waals surface area contributed by atoms with Crippen molar-refractivity contribution in [2.45, 2.75) is 38.3 Å². The molecule has 0 heterocycles. The summed E-state index contributed by atoms with van der Waals surface area (Å²) in [6.45, 7) is 5.47. The summed E-state index contributed by atoms with van der Waals surface area (Å²) in [5.74, 6) is 1.02. The average Bonchev–Trinajstić information content (AvgIpc) is 2.86. The van der Waals surface area contributed by atoms with Gasteiger partial charge < -0.3 is 19.5 Å². The molecule has 36 heavy (non-hydrogen) atoms. The summed E-state index contributed by atoms with van der Waals surface area (Å²) >= 11 is 0. The Labute approximate surface area is 212 Å². The van der Waals surface area contributed by atoms with Crippen LogP contribution in [-0.2, 0) is 21.4 Å². The molecule has 0 saturated carbocycles. The van der Waals surface area contributed by atoms with Gasteiger partial charge >= 0.3 is 0 Å². The van der Waals surface area contributed by atoms with Crippen LogP contribution < -0.4 is 23.8 Å². The molecule has 0 aliphatic carbocycles. The second kappa shape index (κ2) is 11.8. The predicted octanol–water partition coefficient (Wildman–Crippen LogP) is 4.31. The maximum Gasteiger partial charge on any atom is 0.264 e. The minimum absolute atomic E-state index is 0.0131. The maximum absolute atomic E-state index is 13.6. The molecule has 9 heteroatoms. The summed E-state index contributed by atoms with van der Waals surface area (Å²) in [7, 11) is -1.05. The summed E-state index contributed by atoms with van der Waals surface area (Å²) in [6, 6.07) is 18.6. The fourth-order valence-electron chi connectivity index (χ4n) is 3.53. The molecule has 1 amide bonds. The monoisotopic (exact) mass is 512 g/mol. The zero-order valence-electron chi connectivity index (χ0n) is 21.1. The minimum Gasteiger partial charge on any atom is -0.495 e. The SMILES string of the molecule is COc1cc(CNC(=O)CN(c2ccccc2OC)S(=O)(=O)c2ccc(C)cc2)ccc1OC(C)C. The molecule has 0 radical (unpaired) electrons. The van der Waals surface area contributed by atoms with Gasteiger partial charge in [-0.25, -0.2) is 8.42 Å². The number of carbonyl (C=O) groups is 1. The third-order valence-corrected chi connectivity index (χ3v) is 7.10. The second-order valence-corrected chi connectivity index (χ2v) is 10.3. The van der Waals surface area contributed by atoms with E-state index in [2.05, 4.69) is 5.32 Å². The van der Waals surface area contributed by atoms with Crippen molar-refractivity contribution in [2.24, 2.45) is 0 Å². The van der Waals surface area contributed by atoms with Gasteiger partial charge in [-0.3, -0.25) is 9.10 Å². The molecule has 0 spiro atoms. The van der Waals surface area contributed by atoms with E-state index < -0.39 is 22.5 Å². The number of methoxy groups -OCH3 is 2. The van der Waals surface area contributed by atoms with Crippen LogP contribution in [0.25, 0.3) is 0 Å². The van der Waals surface area contributed by atoms with Crippen LogP contribution in [0.4, 0.5) is 5.69 Å². The molecule has 3 aromatic carbocycles. The first-order valence-electron chi connectivity index (χ1n) is 11.5. The van der Waals surface area contributed by atoms with Gasteiger partial charge in [0.15, 0.2) is 11.5 Å². The number of nitrogens with one attached hydrogen (secondary N) is 1. The first-order valence-corrected chi connectivity index (χ1v) is 12.9. The maximum atomic E-state index is 13.6. The fourth-order valence-corrected chi connectivity index (χ4v) is 4.96. The van der Waals surface area contributed by atoms with E-state index in [4.69, 9.17) is 14.2 Å². The topological polar surface area (TPSA) is 94.2 Å². The van der Waals surface area contributed by atoms with Crippen LogP contribution in [0.1, 0.15) is 25.0 Å². The molecular weight excluding hydrogens is 480 g/mol. The highest BCUT2D eigenvalue weighted by Crippen LogP contribution is 2.32. The molecule has 0 unspecified atom stereocenters. The predicted molar refractivity (Wildman–Crippen MR) is 139 cm³/mol. The zero-order valence-corrected chi connectivity index (χ0v) is 22.0. The quantitative estimate of drug-likeness (QED) is 0.412. The number of hydrogen-bond acceptors (Lipinski definition) is 6. The fraction of sp³-hybridized carbons (Fsp3) is 0.296. The third kappa shape index (κ3) is 6.48. The van der Waals surface area contributed by atoms with Crippen LogP contribution in [0, 0.1) is 6.92 Å². The van der Waals surface area contributed by atoms with Gasteiger partial charge in [-0.05, 0) is 62.7 Å². The van der Waals surface area contributed by atoms with Crippen molar-refractivity contribution in [1.29, 1.82) is 0 Å². The summed E-state index contributed by atoms with van der Waals surface area (Å²) in [4.78, 5) is 13.1. The van der Waals surface area contributed by atoms with E-state index in [1.165, 1.54) is 19.2 Å². The number of anilines is 1. The van der Waals surface area contributed by atoms with E-state index in [9.17, 15) is 13.2 Å². The van der Waals surface area contributed by atoms with Gasteiger partial charge in [0, 0.05) is 6.54 Å². The molecule has 0 aromatic heterocycles. The molecule has 0 bridgehead atoms. The Morgan fingerprint density at radius 1 is 0.917 bits per heavy atom. The lowest BCUT2D eigenvalue weighted by Gasteiger charge is -2.25. The van der Waals surface area contributed by atoms with Gasteiger partial charge in [-0.2, -0.15) is 0 Å². The van der Waals surface area contributed by atoms with Crippen molar-refractivity contribution in [1.82, 2.24) is 5.32 Å². The van der Waals surface area contributed by atoms with Gasteiger partial charge in [-0.1, -0.05) is 35.9 Å². The van der Waals surface area contributed by atoms with E-state index in [1.807, 2.05) is 26.8 Å². The Balaban J connectivity index is 1.84. The molecule has 1 N–H and O–H groups in total. The number of rotatable bonds is 11. The highest BCUT2D eigenvalue weighted by Gasteiger charge is 2.29. The van der Waals surface area contributed by atoms with Crippen molar-refractivity contribution in [3.8, 4) is 17.2 Å². The summed E-state index contributed by atoms with van der Waals surface area (Å²) in [6.07, 6.45) is -0.0131. The minimum atomic E-state index is -4.05. The lowest BCUT2D eigenvalue weighted by Crippen LogP contribution is -2.40. The lowest BCUT2D eigenvalue weighted by atomic mass is 10.2. The van der Waals surface area contributed by atoms with E-state index in [0.717, 1.165) is 15.4 Å². The third-order valence-electron chi connectivity index (χ3n) is 5.33. The standard InChI is InChI=1S/C27H32N2O6S/c1-19(2)35-25-15-12-21(16-26(25)34-5)17-28-27(30)18-29(23-8-6-7-9-24(23)33-4)36(31,32)22-13-10-20(3)11-14-22/h6-16,19H,17-18H2,1-5H3,(H,28,30). The van der Waals surface area contributed by atoms with Crippen molar-refractivity contribution < 1.29 is 27.4 Å². The van der Waals surface area contributed by atoms with Gasteiger partial charge in [0.25, 0.3) is 10.0 Å². The molecule has 3 rings (SSSR count). The normalized spacial score (nSPS) is 11.2. The first kappa shape index (κ1) is 26.9. The zero-order chi connectivity index (χ0) is 26.3. The van der Waals surface area contributed by atoms with E-state index in [-0.39, 0.29) is 23.2 Å². The van der Waals surface area contributed by atoms with Gasteiger partial charge in [0.1, 0.15) is 12.3 Å². The highest BCUT2D eigenvalue weighted by molar-refractivity contribution is 7.92. The largest absolute Gasteiger partial charge is 0.495 e. The second-order valence-electron chi connectivity index (χ2n) is 8.43. The van der Waals surface area contributed by atoms with Crippen LogP contribution in [0.5, 0.6) is 17.2 Å². The molecular formula is C27H32N2O6S. The first-order chi connectivity index (χ1) is 17.1. The number of para-hydroxylation sites is 2. The molecule has 0 atom stereocenters. The number of nitrogens with zero attached hydrogens (tertiary/aromatic N) is 1. The van der Waals surface area contributed by atoms with E-state index in [0.29, 0.717) is 17.2 Å². The van der Waals surface area contributed by atoms with E-state index >= 15 is 0 Å². The molecule has 3 aromatic rings. The molecule has 0 saturated heterocycles. The van der Waals surface area contributed by atoms with Crippen molar-refractivity contribution in [3.05, 3.63) is 77.9 Å². The van der Waals surface area contributed by atoms with Crippen LogP contribution in [0.2, 0.25) is 0 Å². The molecule has 0 aliphatic rings. The molecule has 0 aliphatic heterocycles. The Hall–Kier alpha value is -3.72. The molecule has 8 nitrogen and oxygen atoms in total. The lowest BCUT2D eigenvalue weighted by molar-refractivity contribution is -0.119. The summed E-state index contributed by atoms with van der Waals surface area (Å²) in [5, 5.41) is 2.80. The van der Waals surface area contributed by atoms with E-state index in [1.54, 1.807) is 55.6 Å². The smallest absolute Gasteiger partial charge is 0.264 e. The van der Waals surface area contributed by atoms with Gasteiger partial charge in [0.05, 0.1) is 30.9 Å². The Morgan fingerprint density at radius 3 is 2.22 bits per heavy atom. The van der Waals surface area contributed by atoms with Crippen LogP contribution in [-0.4, -0.2) is 41.2 Å². The van der Waals surface area contributed by atoms with Gasteiger partial charge in [-0.15, -0.1) is 0 Å². The van der Waals surface area contributed by atoms with Crippen LogP contribution in [0.15, 0.2) is 71.6 Å². The number of ether oxygens (including phenoxy) is 3. The summed E-state index contributed by atoms with van der Waals surface area (Å²) in [5.41, 5.74) is 1.98. The van der Waals surface area contributed by atoms with Crippen molar-refractivity contribution in [2.75, 3.05) is 25.1 Å². The Bertz CT molecular complexity index is 1290. The number of sulfonamides is 1. The highest BCUT2D eigenvalue weighted by atomic mass is 32.2. The van der Waals surface area contributed by atoms with Gasteiger partial charge in [0.2, 0.25) is 5.91 Å². The number of hydrogen-bond donors (Lipinski definition) is 1. The summed E-state index contributed by atoms with van der Waals surface area (Å²) < 4.78 is 44.8. The number of aryl methyl sites for hydroxylation is 1. The Morgan fingerprint density at radius 2 is 1.58 bits per heavy atom. The Kier molecular flexibility index (Phi) is 8.82.